The quantitative estimate of drug-likeness (QED) is 0.495. The third-order valence-corrected chi connectivity index (χ3v) is 0. The van der Waals surface area contributed by atoms with Crippen molar-refractivity contribution in [2.45, 2.75) is 0 Å². The molecule has 10 heavy (non-hydrogen) atoms. The average Bonchev–Trinajstić information content (AvgIpc) is 1.19. The lowest BCUT2D eigenvalue weighted by molar-refractivity contribution is 0.490. The van der Waals surface area contributed by atoms with Crippen LogP contribution in [0.1, 0.15) is 0 Å². The summed E-state index contributed by atoms with van der Waals surface area (Å²) in [5, 5.41) is 0. The first-order chi connectivity index (χ1) is 3.73. The smallest absolute Gasteiger partial charge is 0.261 e. The van der Waals surface area contributed by atoms with Crippen molar-refractivity contribution < 1.29 is 13.0 Å². The molecule has 0 atom stereocenters. The first-order valence-corrected chi connectivity index (χ1v) is 4.11. The minimum absolute atomic E-state index is 0. The van der Waals surface area contributed by atoms with E-state index in [1.165, 1.54) is 0 Å². The van der Waals surface area contributed by atoms with Crippen molar-refractivity contribution in [3.05, 3.63) is 0 Å². The Balaban J connectivity index is -0.0000000910. The van der Waals surface area contributed by atoms with Crippen LogP contribution in [0.2, 0.25) is 0 Å². The summed E-state index contributed by atoms with van der Waals surface area (Å²) in [6.07, 6.45) is 0.715. The highest BCUT2D eigenvalue weighted by Crippen LogP contribution is 1.60. The Bertz CT molecular complexity index is 130. The lowest BCUT2D eigenvalue weighted by atomic mass is 11.0. The predicted octanol–water partition coefficient (Wildman–Crippen LogP) is -0.156. The van der Waals surface area contributed by atoms with Crippen LogP contribution in [0.4, 0.5) is 0 Å². The van der Waals surface area contributed by atoms with Crippen LogP contribution in [0.3, 0.4) is 0 Å². The monoisotopic (exact) mass is 172 g/mol. The Morgan fingerprint density at radius 1 is 1.20 bits per heavy atom. The maximum absolute atomic E-state index is 9.19. The SMILES string of the molecule is CN(C)C.CS(=O)(=O)O.N. The molecule has 0 saturated carbocycles. The fourth-order valence-corrected chi connectivity index (χ4v) is 0. The summed E-state index contributed by atoms with van der Waals surface area (Å²) >= 11 is 0. The molecule has 0 spiro atoms. The van der Waals surface area contributed by atoms with E-state index in [9.17, 15) is 8.42 Å². The zero-order valence-corrected chi connectivity index (χ0v) is 7.64. The van der Waals surface area contributed by atoms with Crippen LogP contribution < -0.4 is 6.15 Å². The molecule has 0 bridgehead atoms. The van der Waals surface area contributed by atoms with Crippen molar-refractivity contribution in [1.29, 1.82) is 0 Å². The molecule has 0 unspecified atom stereocenters. The molecule has 4 N–H and O–H groups in total. The maximum Gasteiger partial charge on any atom is 0.261 e. The summed E-state index contributed by atoms with van der Waals surface area (Å²) < 4.78 is 25.9. The Kier molecular flexibility index (Phi) is 11.4. The van der Waals surface area contributed by atoms with Crippen LogP contribution in [-0.2, 0) is 10.1 Å². The van der Waals surface area contributed by atoms with Gasteiger partial charge >= 0.3 is 0 Å². The number of nitrogens with zero attached hydrogens (tertiary/aromatic N) is 1. The van der Waals surface area contributed by atoms with Crippen LogP contribution in [0.15, 0.2) is 0 Å². The van der Waals surface area contributed by atoms with Gasteiger partial charge in [0.15, 0.2) is 0 Å². The first kappa shape index (κ1) is 16.4. The third-order valence-electron chi connectivity index (χ3n) is 0. The van der Waals surface area contributed by atoms with Crippen LogP contribution >= 0.6 is 0 Å². The van der Waals surface area contributed by atoms with Gasteiger partial charge in [-0.25, -0.2) is 0 Å². The molecule has 0 aromatic carbocycles. The molecule has 0 radical (unpaired) electrons. The van der Waals surface area contributed by atoms with Gasteiger partial charge in [-0.2, -0.15) is 8.42 Å². The average molecular weight is 172 g/mol. The van der Waals surface area contributed by atoms with E-state index < -0.39 is 10.1 Å². The second kappa shape index (κ2) is 6.94. The molecular formula is C4H16N2O3S. The molecule has 0 rings (SSSR count). The second-order valence-electron chi connectivity index (χ2n) is 2.07. The van der Waals surface area contributed by atoms with Gasteiger partial charge in [0.25, 0.3) is 10.1 Å². The van der Waals surface area contributed by atoms with E-state index in [0.717, 1.165) is 0 Å². The highest BCUT2D eigenvalue weighted by atomic mass is 32.2. The zero-order chi connectivity index (χ0) is 8.08. The van der Waals surface area contributed by atoms with Crippen LogP contribution in [0.25, 0.3) is 0 Å². The number of rotatable bonds is 0. The highest BCUT2D eigenvalue weighted by Gasteiger charge is 1.81. The largest absolute Gasteiger partial charge is 0.344 e. The van der Waals surface area contributed by atoms with Gasteiger partial charge < -0.3 is 11.1 Å². The Morgan fingerprint density at radius 2 is 1.20 bits per heavy atom. The lowest BCUT2D eigenvalue weighted by Gasteiger charge is -1.90. The van der Waals surface area contributed by atoms with Crippen molar-refractivity contribution in [2.24, 2.45) is 0 Å². The summed E-state index contributed by atoms with van der Waals surface area (Å²) in [6.45, 7) is 0. The molecule has 0 saturated heterocycles. The highest BCUT2D eigenvalue weighted by molar-refractivity contribution is 7.85. The van der Waals surface area contributed by atoms with E-state index in [0.29, 0.717) is 6.26 Å². The molecule has 0 aliphatic carbocycles. The molecule has 0 fully saturated rings. The molecule has 0 aromatic rings. The maximum atomic E-state index is 9.19. The summed E-state index contributed by atoms with van der Waals surface area (Å²) in [5.74, 6) is 0. The Hall–Kier alpha value is -0.170. The molecule has 0 aliphatic heterocycles. The molecule has 66 valence electrons. The van der Waals surface area contributed by atoms with Crippen molar-refractivity contribution in [1.82, 2.24) is 11.1 Å². The standard InChI is InChI=1S/C3H9N.CH4O3S.H3N/c1-4(2)3;1-5(2,3)4;/h1-3H3;1H3,(H,2,3,4);1H3. The van der Waals surface area contributed by atoms with E-state index >= 15 is 0 Å². The number of hydrogen-bond acceptors (Lipinski definition) is 4. The van der Waals surface area contributed by atoms with Crippen molar-refractivity contribution >= 4 is 10.1 Å². The minimum atomic E-state index is -3.67. The summed E-state index contributed by atoms with van der Waals surface area (Å²) in [6, 6.07) is 0. The molecule has 5 nitrogen and oxygen atoms in total. The van der Waals surface area contributed by atoms with Gasteiger partial charge in [0.1, 0.15) is 0 Å². The fourth-order valence-electron chi connectivity index (χ4n) is 0. The summed E-state index contributed by atoms with van der Waals surface area (Å²) in [7, 11) is 2.33. The topological polar surface area (TPSA) is 92.6 Å². The van der Waals surface area contributed by atoms with Gasteiger partial charge in [0.2, 0.25) is 0 Å². The molecule has 0 aromatic heterocycles. The lowest BCUT2D eigenvalue weighted by Crippen LogP contribution is -1.99. The molecule has 0 aliphatic rings. The minimum Gasteiger partial charge on any atom is -0.344 e. The van der Waals surface area contributed by atoms with E-state index in [1.807, 2.05) is 26.0 Å². The second-order valence-corrected chi connectivity index (χ2v) is 3.54. The summed E-state index contributed by atoms with van der Waals surface area (Å²) in [5.41, 5.74) is 0. The first-order valence-electron chi connectivity index (χ1n) is 2.27. The molecule has 6 heteroatoms. The zero-order valence-electron chi connectivity index (χ0n) is 6.83. The van der Waals surface area contributed by atoms with E-state index in [2.05, 4.69) is 0 Å². The van der Waals surface area contributed by atoms with Crippen LogP contribution in [0.5, 0.6) is 0 Å². The fraction of sp³-hybridized carbons (Fsp3) is 1.00. The predicted molar refractivity (Wildman–Crippen MR) is 42.1 cm³/mol. The summed E-state index contributed by atoms with van der Waals surface area (Å²) in [4.78, 5) is 2.00. The Morgan fingerprint density at radius 3 is 1.20 bits per heavy atom. The van der Waals surface area contributed by atoms with E-state index in [-0.39, 0.29) is 6.15 Å². The van der Waals surface area contributed by atoms with Crippen LogP contribution in [0, 0.1) is 0 Å². The van der Waals surface area contributed by atoms with E-state index in [1.54, 1.807) is 0 Å². The van der Waals surface area contributed by atoms with Crippen molar-refractivity contribution in [3.8, 4) is 0 Å². The van der Waals surface area contributed by atoms with Gasteiger partial charge in [0.05, 0.1) is 6.26 Å². The molecule has 0 amide bonds. The van der Waals surface area contributed by atoms with Gasteiger partial charge in [-0.05, 0) is 21.1 Å². The third kappa shape index (κ3) is 12600. The van der Waals surface area contributed by atoms with Crippen LogP contribution in [-0.4, -0.2) is 45.3 Å². The van der Waals surface area contributed by atoms with Gasteiger partial charge in [0, 0.05) is 0 Å². The molecule has 0 heterocycles. The van der Waals surface area contributed by atoms with Gasteiger partial charge in [-0.15, -0.1) is 0 Å². The molecular weight excluding hydrogens is 156 g/mol. The van der Waals surface area contributed by atoms with Gasteiger partial charge in [-0.3, -0.25) is 4.55 Å². The Labute approximate surface area is 62.4 Å². The van der Waals surface area contributed by atoms with Gasteiger partial charge in [-0.1, -0.05) is 0 Å². The van der Waals surface area contributed by atoms with E-state index in [4.69, 9.17) is 4.55 Å². The van der Waals surface area contributed by atoms with Crippen molar-refractivity contribution in [3.63, 3.8) is 0 Å². The normalized spacial score (nSPS) is 9.40. The van der Waals surface area contributed by atoms with Crippen molar-refractivity contribution in [2.75, 3.05) is 27.4 Å². The number of hydrogen-bond donors (Lipinski definition) is 2.